The third-order valence-electron chi connectivity index (χ3n) is 3.08. The van der Waals surface area contributed by atoms with E-state index < -0.39 is 6.03 Å². The second kappa shape index (κ2) is 8.52. The third kappa shape index (κ3) is 5.56. The molecule has 20 heavy (non-hydrogen) atoms. The second-order valence-corrected chi connectivity index (χ2v) is 4.73. The topological polar surface area (TPSA) is 87.7 Å². The molecule has 7 nitrogen and oxygen atoms in total. The van der Waals surface area contributed by atoms with Crippen LogP contribution in [0.15, 0.2) is 0 Å². The van der Waals surface area contributed by atoms with E-state index in [0.29, 0.717) is 19.7 Å². The van der Waals surface area contributed by atoms with Crippen molar-refractivity contribution in [1.82, 2.24) is 15.5 Å². The molecule has 0 saturated carbocycles. The molecule has 1 aliphatic rings. The molecular weight excluding hydrogens is 262 g/mol. The summed E-state index contributed by atoms with van der Waals surface area (Å²) in [5.74, 6) is -0.747. The summed E-state index contributed by atoms with van der Waals surface area (Å²) >= 11 is 0. The van der Waals surface area contributed by atoms with E-state index in [-0.39, 0.29) is 24.3 Å². The van der Waals surface area contributed by atoms with E-state index >= 15 is 0 Å². The van der Waals surface area contributed by atoms with Crippen molar-refractivity contribution in [3.8, 4) is 0 Å². The smallest absolute Gasteiger partial charge is 0.321 e. The Labute approximate surface area is 119 Å². The minimum Gasteiger partial charge on any atom is -0.466 e. The zero-order valence-electron chi connectivity index (χ0n) is 12.1. The monoisotopic (exact) mass is 285 g/mol. The predicted molar refractivity (Wildman–Crippen MR) is 73.0 cm³/mol. The first-order valence-corrected chi connectivity index (χ1v) is 7.03. The lowest BCUT2D eigenvalue weighted by atomic mass is 9.98. The molecule has 1 rings (SSSR count). The van der Waals surface area contributed by atoms with Gasteiger partial charge in [-0.25, -0.2) is 4.79 Å². The van der Waals surface area contributed by atoms with Gasteiger partial charge in [-0.1, -0.05) is 0 Å². The maximum absolute atomic E-state index is 11.7. The van der Waals surface area contributed by atoms with Crippen molar-refractivity contribution in [2.75, 3.05) is 32.8 Å². The Morgan fingerprint density at radius 1 is 1.30 bits per heavy atom. The van der Waals surface area contributed by atoms with Gasteiger partial charge in [0, 0.05) is 13.1 Å². The second-order valence-electron chi connectivity index (χ2n) is 4.73. The van der Waals surface area contributed by atoms with Gasteiger partial charge in [0.1, 0.15) is 0 Å². The Kier molecular flexibility index (Phi) is 7.00. The quantitative estimate of drug-likeness (QED) is 0.700. The Bertz CT molecular complexity index is 360. The Morgan fingerprint density at radius 2 is 2.05 bits per heavy atom. The average molecular weight is 285 g/mol. The molecule has 0 aromatic rings. The molecule has 1 atom stereocenters. The molecule has 0 spiro atoms. The third-order valence-corrected chi connectivity index (χ3v) is 3.08. The number of carbonyl (C=O) groups excluding carboxylic acids is 3. The minimum absolute atomic E-state index is 0.118. The van der Waals surface area contributed by atoms with E-state index in [1.54, 1.807) is 13.8 Å². The molecule has 0 aromatic carbocycles. The van der Waals surface area contributed by atoms with Crippen LogP contribution >= 0.6 is 0 Å². The summed E-state index contributed by atoms with van der Waals surface area (Å²) in [6, 6.07) is -0.489. The number of esters is 1. The number of nitrogens with zero attached hydrogens (tertiary/aromatic N) is 1. The maximum Gasteiger partial charge on any atom is 0.321 e. The molecule has 7 heteroatoms. The molecule has 0 aliphatic carbocycles. The standard InChI is InChI=1S/C13H23N3O4/c1-3-14-13(19)15-11(17)9-16-7-5-6-10(8-16)12(18)20-4-2/h10H,3-9H2,1-2H3,(H2,14,15,17,19)/t10-/m0/s1. The number of likely N-dealkylation sites (tertiary alicyclic amines) is 1. The van der Waals surface area contributed by atoms with Crippen molar-refractivity contribution in [1.29, 1.82) is 0 Å². The van der Waals surface area contributed by atoms with E-state index in [4.69, 9.17) is 4.74 Å². The Balaban J connectivity index is 2.38. The van der Waals surface area contributed by atoms with Crippen LogP contribution < -0.4 is 10.6 Å². The highest BCUT2D eigenvalue weighted by molar-refractivity contribution is 5.95. The minimum atomic E-state index is -0.489. The number of imide groups is 1. The van der Waals surface area contributed by atoms with Gasteiger partial charge in [-0.3, -0.25) is 19.8 Å². The first-order valence-electron chi connectivity index (χ1n) is 7.03. The van der Waals surface area contributed by atoms with E-state index in [0.717, 1.165) is 19.4 Å². The van der Waals surface area contributed by atoms with E-state index in [2.05, 4.69) is 10.6 Å². The molecule has 0 aromatic heterocycles. The van der Waals surface area contributed by atoms with Crippen molar-refractivity contribution in [3.05, 3.63) is 0 Å². The highest BCUT2D eigenvalue weighted by Crippen LogP contribution is 2.17. The molecule has 0 unspecified atom stereocenters. The van der Waals surface area contributed by atoms with Gasteiger partial charge in [0.2, 0.25) is 5.91 Å². The van der Waals surface area contributed by atoms with Gasteiger partial charge in [-0.05, 0) is 33.2 Å². The molecule has 0 bridgehead atoms. The normalized spacial score (nSPS) is 19.2. The van der Waals surface area contributed by atoms with Crippen molar-refractivity contribution < 1.29 is 19.1 Å². The number of piperidine rings is 1. The van der Waals surface area contributed by atoms with E-state index in [9.17, 15) is 14.4 Å². The number of hydrogen-bond donors (Lipinski definition) is 2. The number of hydrogen-bond acceptors (Lipinski definition) is 5. The van der Waals surface area contributed by atoms with Crippen LogP contribution in [0.4, 0.5) is 4.79 Å². The summed E-state index contributed by atoms with van der Waals surface area (Å²) in [5, 5.41) is 4.74. The van der Waals surface area contributed by atoms with Gasteiger partial charge in [0.15, 0.2) is 0 Å². The summed E-state index contributed by atoms with van der Waals surface area (Å²) in [6.07, 6.45) is 1.63. The molecule has 1 heterocycles. The van der Waals surface area contributed by atoms with Crippen molar-refractivity contribution in [2.45, 2.75) is 26.7 Å². The molecule has 2 N–H and O–H groups in total. The van der Waals surface area contributed by atoms with Crippen molar-refractivity contribution >= 4 is 17.9 Å². The van der Waals surface area contributed by atoms with Crippen LogP contribution in [-0.2, 0) is 14.3 Å². The lowest BCUT2D eigenvalue weighted by molar-refractivity contribution is -0.150. The Hall–Kier alpha value is -1.63. The van der Waals surface area contributed by atoms with Crippen molar-refractivity contribution in [3.63, 3.8) is 0 Å². The van der Waals surface area contributed by atoms with Crippen molar-refractivity contribution in [2.24, 2.45) is 5.92 Å². The van der Waals surface area contributed by atoms with Crippen LogP contribution in [0.2, 0.25) is 0 Å². The van der Waals surface area contributed by atoms with E-state index in [1.165, 1.54) is 0 Å². The van der Waals surface area contributed by atoms with Crippen LogP contribution in [0.25, 0.3) is 0 Å². The molecule has 114 valence electrons. The lowest BCUT2D eigenvalue weighted by Crippen LogP contribution is -2.47. The number of nitrogens with one attached hydrogen (secondary N) is 2. The van der Waals surface area contributed by atoms with Gasteiger partial charge in [-0.2, -0.15) is 0 Å². The van der Waals surface area contributed by atoms with Gasteiger partial charge in [0.05, 0.1) is 19.1 Å². The zero-order chi connectivity index (χ0) is 15.0. The predicted octanol–water partition coefficient (Wildman–Crippen LogP) is 0.107. The first kappa shape index (κ1) is 16.4. The van der Waals surface area contributed by atoms with Crippen LogP contribution in [0.3, 0.4) is 0 Å². The zero-order valence-corrected chi connectivity index (χ0v) is 12.1. The van der Waals surface area contributed by atoms with Gasteiger partial charge in [0.25, 0.3) is 0 Å². The number of carbonyl (C=O) groups is 3. The summed E-state index contributed by atoms with van der Waals surface area (Å²) < 4.78 is 5.00. The summed E-state index contributed by atoms with van der Waals surface area (Å²) in [5.41, 5.74) is 0. The number of rotatable bonds is 5. The maximum atomic E-state index is 11.7. The van der Waals surface area contributed by atoms with Gasteiger partial charge >= 0.3 is 12.0 Å². The lowest BCUT2D eigenvalue weighted by Gasteiger charge is -2.30. The number of ether oxygens (including phenoxy) is 1. The molecule has 1 fully saturated rings. The van der Waals surface area contributed by atoms with Crippen LogP contribution in [0.1, 0.15) is 26.7 Å². The number of amides is 3. The summed E-state index contributed by atoms with van der Waals surface area (Å²) in [6.45, 7) is 5.76. The summed E-state index contributed by atoms with van der Waals surface area (Å²) in [4.78, 5) is 36.4. The molecule has 1 aliphatic heterocycles. The highest BCUT2D eigenvalue weighted by atomic mass is 16.5. The van der Waals surface area contributed by atoms with Crippen LogP contribution in [0, 0.1) is 5.92 Å². The van der Waals surface area contributed by atoms with Crippen LogP contribution in [-0.4, -0.2) is 55.6 Å². The highest BCUT2D eigenvalue weighted by Gasteiger charge is 2.27. The molecular formula is C13H23N3O4. The molecule has 0 radical (unpaired) electrons. The number of urea groups is 1. The molecule has 1 saturated heterocycles. The SMILES string of the molecule is CCNC(=O)NC(=O)CN1CCC[C@H](C(=O)OCC)C1. The largest absolute Gasteiger partial charge is 0.466 e. The Morgan fingerprint density at radius 3 is 2.70 bits per heavy atom. The van der Waals surface area contributed by atoms with Gasteiger partial charge in [-0.15, -0.1) is 0 Å². The van der Waals surface area contributed by atoms with E-state index in [1.807, 2.05) is 4.90 Å². The summed E-state index contributed by atoms with van der Waals surface area (Å²) in [7, 11) is 0. The van der Waals surface area contributed by atoms with Gasteiger partial charge < -0.3 is 10.1 Å². The first-order chi connectivity index (χ1) is 9.56. The fraction of sp³-hybridized carbons (Fsp3) is 0.769. The fourth-order valence-corrected chi connectivity index (χ4v) is 2.23. The van der Waals surface area contributed by atoms with Crippen LogP contribution in [0.5, 0.6) is 0 Å². The average Bonchev–Trinajstić information content (AvgIpc) is 2.39. The fourth-order valence-electron chi connectivity index (χ4n) is 2.23. The molecule has 3 amide bonds.